The van der Waals surface area contributed by atoms with E-state index in [-0.39, 0.29) is 29.1 Å². The summed E-state index contributed by atoms with van der Waals surface area (Å²) >= 11 is 0. The van der Waals surface area contributed by atoms with E-state index in [1.54, 1.807) is 0 Å². The molecular formula is C23H34O4. The molecule has 3 fully saturated rings. The molecule has 0 unspecified atom stereocenters. The molecule has 4 heteroatoms. The molecule has 27 heavy (non-hydrogen) atoms. The molecule has 0 aromatic carbocycles. The van der Waals surface area contributed by atoms with E-state index in [0.29, 0.717) is 12.3 Å². The molecular weight excluding hydrogens is 340 g/mol. The predicted octanol–water partition coefficient (Wildman–Crippen LogP) is 4.61. The second-order valence-corrected chi connectivity index (χ2v) is 10.1. The first-order chi connectivity index (χ1) is 12.7. The van der Waals surface area contributed by atoms with E-state index in [0.717, 1.165) is 25.7 Å². The van der Waals surface area contributed by atoms with Gasteiger partial charge in [-0.05, 0) is 51.9 Å². The van der Waals surface area contributed by atoms with Gasteiger partial charge in [-0.25, -0.2) is 4.79 Å². The normalized spacial score (nSPS) is 41.9. The molecule has 2 heterocycles. The molecule has 6 atom stereocenters. The zero-order valence-electron chi connectivity index (χ0n) is 17.3. The van der Waals surface area contributed by atoms with Crippen LogP contribution in [-0.4, -0.2) is 28.6 Å². The smallest absolute Gasteiger partial charge is 0.347 e. The number of hydrogen-bond acceptors (Lipinski definition) is 4. The summed E-state index contributed by atoms with van der Waals surface area (Å²) in [6, 6.07) is 0. The van der Waals surface area contributed by atoms with Gasteiger partial charge in [-0.2, -0.15) is 0 Å². The zero-order valence-corrected chi connectivity index (χ0v) is 17.3. The number of rotatable bonds is 6. The number of esters is 1. The lowest BCUT2D eigenvalue weighted by Gasteiger charge is -2.42. The van der Waals surface area contributed by atoms with Crippen LogP contribution in [-0.2, 0) is 19.1 Å². The van der Waals surface area contributed by atoms with Gasteiger partial charge in [0.25, 0.3) is 0 Å². The molecule has 2 saturated heterocycles. The minimum atomic E-state index is -1.37. The number of ether oxygens (including phenoxy) is 2. The van der Waals surface area contributed by atoms with Crippen molar-refractivity contribution in [1.29, 1.82) is 0 Å². The van der Waals surface area contributed by atoms with Crippen LogP contribution in [0, 0.1) is 23.7 Å². The van der Waals surface area contributed by atoms with Gasteiger partial charge in [0.2, 0.25) is 5.60 Å². The van der Waals surface area contributed by atoms with E-state index in [2.05, 4.69) is 19.1 Å². The number of hydrogen-bond donors (Lipinski definition) is 0. The minimum Gasteiger partial charge on any atom is -0.457 e. The van der Waals surface area contributed by atoms with Crippen LogP contribution in [0.1, 0.15) is 79.1 Å². The van der Waals surface area contributed by atoms with E-state index in [9.17, 15) is 9.59 Å². The second kappa shape index (κ2) is 6.43. The molecule has 0 amide bonds. The van der Waals surface area contributed by atoms with E-state index in [1.807, 2.05) is 20.8 Å². The summed E-state index contributed by atoms with van der Waals surface area (Å²) in [6.07, 6.45) is 12.5. The van der Waals surface area contributed by atoms with E-state index in [4.69, 9.17) is 9.47 Å². The fourth-order valence-corrected chi connectivity index (χ4v) is 6.36. The van der Waals surface area contributed by atoms with Crippen LogP contribution in [0.5, 0.6) is 0 Å². The lowest BCUT2D eigenvalue weighted by molar-refractivity contribution is -0.207. The quantitative estimate of drug-likeness (QED) is 0.295. The van der Waals surface area contributed by atoms with Gasteiger partial charge in [0.15, 0.2) is 5.78 Å². The highest BCUT2D eigenvalue weighted by Crippen LogP contribution is 2.67. The second-order valence-electron chi connectivity index (χ2n) is 10.1. The first-order valence-corrected chi connectivity index (χ1v) is 10.9. The highest BCUT2D eigenvalue weighted by molar-refractivity contribution is 6.09. The molecule has 150 valence electrons. The number of carbonyl (C=O) groups excluding carboxylic acids is 2. The number of fused-ring (bicyclic) bond motifs is 9. The maximum atomic E-state index is 13.3. The Balaban J connectivity index is 1.69. The molecule has 0 aromatic heterocycles. The van der Waals surface area contributed by atoms with Gasteiger partial charge in [0.1, 0.15) is 5.60 Å². The van der Waals surface area contributed by atoms with Crippen molar-refractivity contribution in [1.82, 2.24) is 0 Å². The average molecular weight is 375 g/mol. The molecule has 4 bridgehead atoms. The molecule has 1 saturated carbocycles. The number of Topliss-reactive ketones (excluding diaryl/α,β-unsaturated/α-hetero) is 1. The molecule has 4 rings (SSSR count). The first-order valence-electron chi connectivity index (χ1n) is 10.9. The number of unbranched alkanes of at least 4 members (excludes halogenated alkanes) is 3. The summed E-state index contributed by atoms with van der Waals surface area (Å²) in [4.78, 5) is 26.5. The molecule has 0 spiro atoms. The third-order valence-electron chi connectivity index (χ3n) is 7.25. The Morgan fingerprint density at radius 2 is 1.89 bits per heavy atom. The maximum Gasteiger partial charge on any atom is 0.347 e. The van der Waals surface area contributed by atoms with Crippen molar-refractivity contribution in [2.75, 3.05) is 0 Å². The number of allylic oxidation sites excluding steroid dienone is 2. The summed E-state index contributed by atoms with van der Waals surface area (Å²) in [6.45, 7) is 7.80. The van der Waals surface area contributed by atoms with Crippen molar-refractivity contribution in [3.8, 4) is 0 Å². The van der Waals surface area contributed by atoms with E-state index < -0.39 is 17.2 Å². The molecule has 0 aromatic rings. The monoisotopic (exact) mass is 374 g/mol. The Morgan fingerprint density at radius 3 is 2.56 bits per heavy atom. The van der Waals surface area contributed by atoms with E-state index >= 15 is 0 Å². The van der Waals surface area contributed by atoms with Gasteiger partial charge in [0, 0.05) is 18.3 Å². The molecule has 0 N–H and O–H groups in total. The third kappa shape index (κ3) is 2.82. The first kappa shape index (κ1) is 19.2. The SMILES string of the molecule is CCCCCC[C@]12CCC(=O)[C@](C(=O)OC(C)(C)C)(O1)[C@H]1[C@@H]2[C@@H]2C=C[C@H]1C2. The highest BCUT2D eigenvalue weighted by Gasteiger charge is 2.76. The van der Waals surface area contributed by atoms with Gasteiger partial charge in [-0.15, -0.1) is 0 Å². The molecule has 2 aliphatic carbocycles. The Morgan fingerprint density at radius 1 is 1.19 bits per heavy atom. The van der Waals surface area contributed by atoms with Crippen LogP contribution in [0.4, 0.5) is 0 Å². The van der Waals surface area contributed by atoms with Crippen molar-refractivity contribution < 1.29 is 19.1 Å². The fourth-order valence-electron chi connectivity index (χ4n) is 6.36. The van der Waals surface area contributed by atoms with Crippen molar-refractivity contribution in [3.63, 3.8) is 0 Å². The van der Waals surface area contributed by atoms with Crippen molar-refractivity contribution >= 4 is 11.8 Å². The van der Waals surface area contributed by atoms with Crippen molar-refractivity contribution in [3.05, 3.63) is 12.2 Å². The number of carbonyl (C=O) groups is 2. The number of ketones is 1. The predicted molar refractivity (Wildman–Crippen MR) is 103 cm³/mol. The Hall–Kier alpha value is -1.16. The van der Waals surface area contributed by atoms with Gasteiger partial charge in [0.05, 0.1) is 5.60 Å². The zero-order chi connectivity index (χ0) is 19.4. The third-order valence-corrected chi connectivity index (χ3v) is 7.25. The Bertz CT molecular complexity index is 660. The Labute approximate surface area is 163 Å². The van der Waals surface area contributed by atoms with Crippen LogP contribution in [0.25, 0.3) is 0 Å². The van der Waals surface area contributed by atoms with E-state index in [1.165, 1.54) is 19.3 Å². The van der Waals surface area contributed by atoms with Crippen molar-refractivity contribution in [2.24, 2.45) is 23.7 Å². The lowest BCUT2D eigenvalue weighted by Crippen LogP contribution is -2.58. The summed E-state index contributed by atoms with van der Waals surface area (Å²) in [5.41, 5.74) is -2.32. The van der Waals surface area contributed by atoms with Gasteiger partial charge in [-0.1, -0.05) is 44.8 Å². The van der Waals surface area contributed by atoms with Crippen LogP contribution in [0.2, 0.25) is 0 Å². The maximum absolute atomic E-state index is 13.3. The van der Waals surface area contributed by atoms with Gasteiger partial charge >= 0.3 is 5.97 Å². The fraction of sp³-hybridized carbons (Fsp3) is 0.826. The molecule has 2 aliphatic heterocycles. The largest absolute Gasteiger partial charge is 0.457 e. The topological polar surface area (TPSA) is 52.6 Å². The van der Waals surface area contributed by atoms with Crippen molar-refractivity contribution in [2.45, 2.75) is 95.9 Å². The average Bonchev–Trinajstić information content (AvgIpc) is 3.26. The van der Waals surface area contributed by atoms with Gasteiger partial charge in [-0.3, -0.25) is 4.79 Å². The summed E-state index contributed by atoms with van der Waals surface area (Å²) in [5.74, 6) is 0.477. The summed E-state index contributed by atoms with van der Waals surface area (Å²) < 4.78 is 12.4. The Kier molecular flexibility index (Phi) is 4.57. The van der Waals surface area contributed by atoms with Crippen LogP contribution < -0.4 is 0 Å². The lowest BCUT2D eigenvalue weighted by atomic mass is 9.69. The minimum absolute atomic E-state index is 0.0384. The van der Waals surface area contributed by atoms with Gasteiger partial charge < -0.3 is 9.47 Å². The van der Waals surface area contributed by atoms with Crippen LogP contribution in [0.3, 0.4) is 0 Å². The highest BCUT2D eigenvalue weighted by atomic mass is 16.6. The van der Waals surface area contributed by atoms with Crippen LogP contribution in [0.15, 0.2) is 12.2 Å². The standard InChI is InChI=1S/C23H34O4/c1-5-6-7-8-12-22-13-11-17(24)23(27-22,20(25)26-21(2,3)4)19-16-10-9-15(14-16)18(19)22/h9-10,15-16,18-19H,5-8,11-14H2,1-4H3/t15-,16+,18+,19-,22-,23+/m1/s1. The molecule has 4 aliphatic rings. The van der Waals surface area contributed by atoms with Crippen LogP contribution >= 0.6 is 0 Å². The summed E-state index contributed by atoms with van der Waals surface area (Å²) in [7, 11) is 0. The molecule has 0 radical (unpaired) electrons. The molecule has 4 nitrogen and oxygen atoms in total. The summed E-state index contributed by atoms with van der Waals surface area (Å²) in [5, 5.41) is 0.